The van der Waals surface area contributed by atoms with Gasteiger partial charge in [0.25, 0.3) is 0 Å². The van der Waals surface area contributed by atoms with Crippen LogP contribution in [0.4, 0.5) is 5.69 Å². The summed E-state index contributed by atoms with van der Waals surface area (Å²) in [6.07, 6.45) is 9.64. The van der Waals surface area contributed by atoms with E-state index in [0.717, 1.165) is 33.9 Å². The Morgan fingerprint density at radius 1 is 1.19 bits per heavy atom. The number of aliphatic hydroxyl groups excluding tert-OH is 2. The predicted octanol–water partition coefficient (Wildman–Crippen LogP) is 4.23. The summed E-state index contributed by atoms with van der Waals surface area (Å²) >= 11 is 3.56. The molecule has 1 amide bonds. The second kappa shape index (κ2) is 9.02. The molecule has 3 rings (SSSR count). The molecule has 1 aromatic carbocycles. The van der Waals surface area contributed by atoms with Crippen LogP contribution in [0.2, 0.25) is 0 Å². The van der Waals surface area contributed by atoms with E-state index in [2.05, 4.69) is 21.2 Å². The number of nitrogens with one attached hydrogen (secondary N) is 1. The molecule has 1 fully saturated rings. The van der Waals surface area contributed by atoms with Crippen LogP contribution in [0, 0.1) is 5.92 Å². The normalized spacial score (nSPS) is 16.2. The van der Waals surface area contributed by atoms with E-state index in [-0.39, 0.29) is 19.1 Å². The summed E-state index contributed by atoms with van der Waals surface area (Å²) in [4.78, 5) is 12.6. The van der Waals surface area contributed by atoms with Gasteiger partial charge in [-0.1, -0.05) is 47.7 Å². The number of aliphatic hydroxyl groups is 2. The first-order chi connectivity index (χ1) is 12.6. The van der Waals surface area contributed by atoms with Gasteiger partial charge in [-0.15, -0.1) is 0 Å². The highest BCUT2D eigenvalue weighted by Crippen LogP contribution is 2.35. The first-order valence-electron chi connectivity index (χ1n) is 9.44. The first-order valence-corrected chi connectivity index (χ1v) is 10.2. The zero-order chi connectivity index (χ0) is 18.5. The van der Waals surface area contributed by atoms with Gasteiger partial charge in [-0.3, -0.25) is 4.79 Å². The van der Waals surface area contributed by atoms with Gasteiger partial charge >= 0.3 is 0 Å². The zero-order valence-electron chi connectivity index (χ0n) is 15.0. The molecule has 1 aromatic heterocycles. The van der Waals surface area contributed by atoms with Crippen LogP contribution in [-0.2, 0) is 4.79 Å². The molecule has 142 valence electrons. The van der Waals surface area contributed by atoms with Crippen LogP contribution < -0.4 is 5.32 Å². The van der Waals surface area contributed by atoms with Crippen LogP contribution in [0.3, 0.4) is 0 Å². The standard InChI is InChI=1S/C20H27BrN2O3/c21-16-8-5-9-18-20(16)17(11-23(18)15(12-24)13-25)22-19(26)10-14-6-3-1-2-4-7-14/h5,8-9,11,14-15,24-25H,1-4,6-7,10,12-13H2,(H,22,26). The fourth-order valence-electron chi connectivity index (χ4n) is 3.93. The van der Waals surface area contributed by atoms with E-state index in [1.807, 2.05) is 29.0 Å². The SMILES string of the molecule is O=C(CC1CCCCCC1)Nc1cn(C(CO)CO)c2cccc(Br)c12. The average molecular weight is 423 g/mol. The van der Waals surface area contributed by atoms with Gasteiger partial charge in [0.2, 0.25) is 5.91 Å². The van der Waals surface area contributed by atoms with E-state index in [4.69, 9.17) is 0 Å². The largest absolute Gasteiger partial charge is 0.394 e. The first kappa shape index (κ1) is 19.4. The molecule has 0 unspecified atom stereocenters. The van der Waals surface area contributed by atoms with Gasteiger partial charge < -0.3 is 20.1 Å². The minimum atomic E-state index is -0.431. The molecular weight excluding hydrogens is 396 g/mol. The molecule has 3 N–H and O–H groups in total. The van der Waals surface area contributed by atoms with Crippen molar-refractivity contribution < 1.29 is 15.0 Å². The van der Waals surface area contributed by atoms with E-state index < -0.39 is 6.04 Å². The number of carbonyl (C=O) groups is 1. The van der Waals surface area contributed by atoms with Crippen molar-refractivity contribution in [2.45, 2.75) is 51.0 Å². The second-order valence-corrected chi connectivity index (χ2v) is 8.07. The topological polar surface area (TPSA) is 74.5 Å². The van der Waals surface area contributed by atoms with E-state index in [0.29, 0.717) is 12.3 Å². The van der Waals surface area contributed by atoms with Gasteiger partial charge in [-0.2, -0.15) is 0 Å². The highest BCUT2D eigenvalue weighted by Gasteiger charge is 2.20. The van der Waals surface area contributed by atoms with E-state index in [1.165, 1.54) is 25.7 Å². The third-order valence-electron chi connectivity index (χ3n) is 5.35. The van der Waals surface area contributed by atoms with Crippen molar-refractivity contribution in [1.82, 2.24) is 4.57 Å². The van der Waals surface area contributed by atoms with Crippen molar-refractivity contribution in [2.75, 3.05) is 18.5 Å². The number of benzene rings is 1. The maximum atomic E-state index is 12.6. The van der Waals surface area contributed by atoms with Crippen molar-refractivity contribution in [1.29, 1.82) is 0 Å². The van der Waals surface area contributed by atoms with Crippen LogP contribution in [0.25, 0.3) is 10.9 Å². The molecule has 2 aromatic rings. The molecular formula is C20H27BrN2O3. The van der Waals surface area contributed by atoms with Gasteiger partial charge in [0.1, 0.15) is 0 Å². The van der Waals surface area contributed by atoms with Crippen LogP contribution in [0.15, 0.2) is 28.9 Å². The van der Waals surface area contributed by atoms with Crippen molar-refractivity contribution in [2.24, 2.45) is 5.92 Å². The molecule has 5 nitrogen and oxygen atoms in total. The molecule has 6 heteroatoms. The molecule has 0 atom stereocenters. The van der Waals surface area contributed by atoms with Crippen molar-refractivity contribution in [3.63, 3.8) is 0 Å². The summed E-state index contributed by atoms with van der Waals surface area (Å²) in [5, 5.41) is 23.1. The monoisotopic (exact) mass is 422 g/mol. The number of hydrogen-bond donors (Lipinski definition) is 3. The lowest BCUT2D eigenvalue weighted by Gasteiger charge is -2.14. The number of nitrogens with zero attached hydrogens (tertiary/aromatic N) is 1. The minimum Gasteiger partial charge on any atom is -0.394 e. The summed E-state index contributed by atoms with van der Waals surface area (Å²) in [5.41, 5.74) is 1.59. The van der Waals surface area contributed by atoms with Crippen molar-refractivity contribution in [3.8, 4) is 0 Å². The summed E-state index contributed by atoms with van der Waals surface area (Å²) in [5.74, 6) is 0.508. The lowest BCUT2D eigenvalue weighted by atomic mass is 9.96. The number of aromatic nitrogens is 1. The Kier molecular flexibility index (Phi) is 6.73. The zero-order valence-corrected chi connectivity index (χ0v) is 16.5. The summed E-state index contributed by atoms with van der Waals surface area (Å²) in [6, 6.07) is 5.34. The quantitative estimate of drug-likeness (QED) is 0.609. The van der Waals surface area contributed by atoms with Crippen LogP contribution in [-0.4, -0.2) is 33.9 Å². The smallest absolute Gasteiger partial charge is 0.224 e. The number of hydrogen-bond acceptors (Lipinski definition) is 3. The molecule has 1 saturated carbocycles. The number of halogens is 1. The summed E-state index contributed by atoms with van der Waals surface area (Å²) in [6.45, 7) is -0.329. The van der Waals surface area contributed by atoms with E-state index >= 15 is 0 Å². The molecule has 0 aliphatic heterocycles. The second-order valence-electron chi connectivity index (χ2n) is 7.21. The summed E-state index contributed by atoms with van der Waals surface area (Å²) in [7, 11) is 0. The third-order valence-corrected chi connectivity index (χ3v) is 6.01. The van der Waals surface area contributed by atoms with Crippen LogP contribution in [0.1, 0.15) is 51.0 Å². The Labute approximate surface area is 162 Å². The predicted molar refractivity (Wildman–Crippen MR) is 107 cm³/mol. The molecule has 1 aliphatic carbocycles. The Balaban J connectivity index is 1.83. The van der Waals surface area contributed by atoms with Crippen LogP contribution in [0.5, 0.6) is 0 Å². The molecule has 0 spiro atoms. The average Bonchev–Trinajstić information content (AvgIpc) is 2.80. The van der Waals surface area contributed by atoms with Gasteiger partial charge in [0.05, 0.1) is 30.5 Å². The number of fused-ring (bicyclic) bond motifs is 1. The maximum absolute atomic E-state index is 12.6. The van der Waals surface area contributed by atoms with Crippen molar-refractivity contribution >= 4 is 38.4 Å². The fraction of sp³-hybridized carbons (Fsp3) is 0.550. The molecule has 26 heavy (non-hydrogen) atoms. The molecule has 0 radical (unpaired) electrons. The Bertz CT molecular complexity index is 747. The molecule has 0 saturated heterocycles. The van der Waals surface area contributed by atoms with Crippen LogP contribution >= 0.6 is 15.9 Å². The number of amides is 1. The van der Waals surface area contributed by atoms with E-state index in [1.54, 1.807) is 0 Å². The number of carbonyl (C=O) groups excluding carboxylic acids is 1. The lowest BCUT2D eigenvalue weighted by molar-refractivity contribution is -0.117. The van der Waals surface area contributed by atoms with E-state index in [9.17, 15) is 15.0 Å². The number of anilines is 1. The maximum Gasteiger partial charge on any atom is 0.224 e. The molecule has 1 aliphatic rings. The highest BCUT2D eigenvalue weighted by atomic mass is 79.9. The molecule has 1 heterocycles. The van der Waals surface area contributed by atoms with Gasteiger partial charge in [-0.05, 0) is 30.9 Å². The van der Waals surface area contributed by atoms with Gasteiger partial charge in [0, 0.05) is 22.5 Å². The number of rotatable bonds is 6. The highest BCUT2D eigenvalue weighted by molar-refractivity contribution is 9.10. The summed E-state index contributed by atoms with van der Waals surface area (Å²) < 4.78 is 2.72. The van der Waals surface area contributed by atoms with Crippen molar-refractivity contribution in [3.05, 3.63) is 28.9 Å². The Morgan fingerprint density at radius 2 is 1.88 bits per heavy atom. The third kappa shape index (κ3) is 4.30. The lowest BCUT2D eigenvalue weighted by Crippen LogP contribution is -2.17. The van der Waals surface area contributed by atoms with Gasteiger partial charge in [0.15, 0.2) is 0 Å². The molecule has 0 bridgehead atoms. The minimum absolute atomic E-state index is 0.0382. The van der Waals surface area contributed by atoms with Gasteiger partial charge in [-0.25, -0.2) is 0 Å². The Morgan fingerprint density at radius 3 is 2.54 bits per heavy atom. The Hall–Kier alpha value is -1.37. The fourth-order valence-corrected chi connectivity index (χ4v) is 4.50.